The number of rotatable bonds is 3. The van der Waals surface area contributed by atoms with Crippen LogP contribution in [0.15, 0.2) is 24.3 Å². The molecule has 1 unspecified atom stereocenters. The SMILES string of the molecule is O=C1CC(CO)CN1Cc1cccc(C(F)(F)F)c1. The van der Waals surface area contributed by atoms with Gasteiger partial charge in [0.2, 0.25) is 5.91 Å². The number of aliphatic hydroxyl groups excluding tert-OH is 1. The number of hydrogen-bond donors (Lipinski definition) is 1. The fraction of sp³-hybridized carbons (Fsp3) is 0.462. The highest BCUT2D eigenvalue weighted by Crippen LogP contribution is 2.30. The van der Waals surface area contributed by atoms with Gasteiger partial charge >= 0.3 is 6.18 Å². The summed E-state index contributed by atoms with van der Waals surface area (Å²) in [5, 5.41) is 8.99. The van der Waals surface area contributed by atoms with Crippen molar-refractivity contribution < 1.29 is 23.1 Å². The summed E-state index contributed by atoms with van der Waals surface area (Å²) in [7, 11) is 0. The zero-order chi connectivity index (χ0) is 14.0. The average Bonchev–Trinajstić information content (AvgIpc) is 2.70. The van der Waals surface area contributed by atoms with E-state index in [4.69, 9.17) is 5.11 Å². The summed E-state index contributed by atoms with van der Waals surface area (Å²) in [6, 6.07) is 4.96. The van der Waals surface area contributed by atoms with Gasteiger partial charge < -0.3 is 10.0 Å². The van der Waals surface area contributed by atoms with Crippen LogP contribution < -0.4 is 0 Å². The molecule has 1 aromatic carbocycles. The van der Waals surface area contributed by atoms with Crippen molar-refractivity contribution in [1.82, 2.24) is 4.90 Å². The van der Waals surface area contributed by atoms with Gasteiger partial charge in [0.15, 0.2) is 0 Å². The van der Waals surface area contributed by atoms with Gasteiger partial charge in [0.25, 0.3) is 0 Å². The number of likely N-dealkylation sites (tertiary alicyclic amines) is 1. The van der Waals surface area contributed by atoms with Crippen molar-refractivity contribution >= 4 is 5.91 Å². The Hall–Kier alpha value is -1.56. The van der Waals surface area contributed by atoms with Crippen LogP contribution >= 0.6 is 0 Å². The summed E-state index contributed by atoms with van der Waals surface area (Å²) in [4.78, 5) is 13.1. The van der Waals surface area contributed by atoms with Crippen molar-refractivity contribution in [2.45, 2.75) is 19.1 Å². The minimum Gasteiger partial charge on any atom is -0.396 e. The molecule has 1 aliphatic rings. The summed E-state index contributed by atoms with van der Waals surface area (Å²) in [5.74, 6) is -0.241. The summed E-state index contributed by atoms with van der Waals surface area (Å²) < 4.78 is 37.7. The van der Waals surface area contributed by atoms with Gasteiger partial charge in [-0.1, -0.05) is 12.1 Å². The van der Waals surface area contributed by atoms with E-state index in [9.17, 15) is 18.0 Å². The van der Waals surface area contributed by atoms with Crippen molar-refractivity contribution in [3.05, 3.63) is 35.4 Å². The summed E-state index contributed by atoms with van der Waals surface area (Å²) >= 11 is 0. The zero-order valence-electron chi connectivity index (χ0n) is 10.2. The number of amides is 1. The molecule has 1 saturated heterocycles. The molecule has 0 aromatic heterocycles. The minimum absolute atomic E-state index is 0.0785. The lowest BCUT2D eigenvalue weighted by Crippen LogP contribution is -2.25. The van der Waals surface area contributed by atoms with E-state index in [1.54, 1.807) is 6.07 Å². The highest BCUT2D eigenvalue weighted by molar-refractivity contribution is 5.78. The van der Waals surface area contributed by atoms with Gasteiger partial charge in [-0.25, -0.2) is 0 Å². The van der Waals surface area contributed by atoms with Gasteiger partial charge in [-0.3, -0.25) is 4.79 Å². The second-order valence-electron chi connectivity index (χ2n) is 4.73. The molecule has 0 saturated carbocycles. The molecule has 2 rings (SSSR count). The lowest BCUT2D eigenvalue weighted by molar-refractivity contribution is -0.137. The van der Waals surface area contributed by atoms with Crippen LogP contribution in [0.2, 0.25) is 0 Å². The first-order valence-corrected chi connectivity index (χ1v) is 5.95. The molecule has 6 heteroatoms. The molecule has 104 valence electrons. The normalized spacial score (nSPS) is 20.1. The van der Waals surface area contributed by atoms with Crippen LogP contribution in [0.25, 0.3) is 0 Å². The van der Waals surface area contributed by atoms with Gasteiger partial charge in [-0.2, -0.15) is 13.2 Å². The van der Waals surface area contributed by atoms with E-state index >= 15 is 0 Å². The van der Waals surface area contributed by atoms with Crippen LogP contribution in [-0.2, 0) is 17.5 Å². The molecule has 1 fully saturated rings. The van der Waals surface area contributed by atoms with E-state index in [2.05, 4.69) is 0 Å². The number of hydrogen-bond acceptors (Lipinski definition) is 2. The maximum absolute atomic E-state index is 12.6. The molecule has 0 radical (unpaired) electrons. The molecule has 1 heterocycles. The Labute approximate surface area is 108 Å². The highest BCUT2D eigenvalue weighted by atomic mass is 19.4. The van der Waals surface area contributed by atoms with Crippen LogP contribution in [0, 0.1) is 5.92 Å². The first-order chi connectivity index (χ1) is 8.90. The monoisotopic (exact) mass is 273 g/mol. The smallest absolute Gasteiger partial charge is 0.396 e. The van der Waals surface area contributed by atoms with Gasteiger partial charge in [0.05, 0.1) is 5.56 Å². The van der Waals surface area contributed by atoms with E-state index in [1.165, 1.54) is 11.0 Å². The molecule has 0 aliphatic carbocycles. The number of nitrogens with zero attached hydrogens (tertiary/aromatic N) is 1. The van der Waals surface area contributed by atoms with Gasteiger partial charge in [0, 0.05) is 32.0 Å². The van der Waals surface area contributed by atoms with Crippen molar-refractivity contribution in [3.63, 3.8) is 0 Å². The summed E-state index contributed by atoms with van der Waals surface area (Å²) in [6.45, 7) is 0.468. The maximum Gasteiger partial charge on any atom is 0.416 e. The molecule has 1 N–H and O–H groups in total. The first kappa shape index (κ1) is 13.9. The molecule has 0 bridgehead atoms. The second kappa shape index (κ2) is 5.21. The third kappa shape index (κ3) is 3.26. The second-order valence-corrected chi connectivity index (χ2v) is 4.73. The molecule has 3 nitrogen and oxygen atoms in total. The van der Waals surface area contributed by atoms with E-state index in [-0.39, 0.29) is 31.4 Å². The third-order valence-electron chi connectivity index (χ3n) is 3.18. The van der Waals surface area contributed by atoms with Crippen molar-refractivity contribution in [2.24, 2.45) is 5.92 Å². The van der Waals surface area contributed by atoms with E-state index in [0.717, 1.165) is 12.1 Å². The van der Waals surface area contributed by atoms with Gasteiger partial charge in [0.1, 0.15) is 0 Å². The highest BCUT2D eigenvalue weighted by Gasteiger charge is 2.32. The molecular formula is C13H14F3NO2. The van der Waals surface area contributed by atoms with Crippen molar-refractivity contribution in [1.29, 1.82) is 0 Å². The predicted molar refractivity (Wildman–Crippen MR) is 62.1 cm³/mol. The molecule has 1 atom stereocenters. The lowest BCUT2D eigenvalue weighted by atomic mass is 10.1. The standard InChI is InChI=1S/C13H14F3NO2/c14-13(15,16)11-3-1-2-9(4-11)6-17-7-10(8-18)5-12(17)19/h1-4,10,18H,5-8H2. The zero-order valence-corrected chi connectivity index (χ0v) is 10.2. The fourth-order valence-electron chi connectivity index (χ4n) is 2.20. The van der Waals surface area contributed by atoms with Crippen LogP contribution in [-0.4, -0.2) is 29.1 Å². The molecule has 1 amide bonds. The largest absolute Gasteiger partial charge is 0.416 e. The number of carbonyl (C=O) groups is 1. The predicted octanol–water partition coefficient (Wildman–Crippen LogP) is 2.05. The maximum atomic E-state index is 12.6. The van der Waals surface area contributed by atoms with Crippen LogP contribution in [0.3, 0.4) is 0 Å². The minimum atomic E-state index is -4.38. The summed E-state index contributed by atoms with van der Waals surface area (Å²) in [6.07, 6.45) is -4.12. The molecule has 19 heavy (non-hydrogen) atoms. The Balaban J connectivity index is 2.10. The number of alkyl halides is 3. The van der Waals surface area contributed by atoms with Crippen molar-refractivity contribution in [3.8, 4) is 0 Å². The van der Waals surface area contributed by atoms with E-state index in [0.29, 0.717) is 12.1 Å². The molecule has 1 aliphatic heterocycles. The van der Waals surface area contributed by atoms with E-state index in [1.807, 2.05) is 0 Å². The van der Waals surface area contributed by atoms with Crippen molar-refractivity contribution in [2.75, 3.05) is 13.2 Å². The Bertz CT molecular complexity index is 473. The van der Waals surface area contributed by atoms with Crippen LogP contribution in [0.5, 0.6) is 0 Å². The molecule has 1 aromatic rings. The van der Waals surface area contributed by atoms with Gasteiger partial charge in [-0.15, -0.1) is 0 Å². The van der Waals surface area contributed by atoms with E-state index < -0.39 is 11.7 Å². The van der Waals surface area contributed by atoms with Gasteiger partial charge in [-0.05, 0) is 17.7 Å². The lowest BCUT2D eigenvalue weighted by Gasteiger charge is -2.17. The topological polar surface area (TPSA) is 40.5 Å². The number of aliphatic hydroxyl groups is 1. The van der Waals surface area contributed by atoms with Crippen LogP contribution in [0.1, 0.15) is 17.5 Å². The first-order valence-electron chi connectivity index (χ1n) is 5.95. The number of carbonyl (C=O) groups excluding carboxylic acids is 1. The Kier molecular flexibility index (Phi) is 3.80. The molecular weight excluding hydrogens is 259 g/mol. The Morgan fingerprint density at radius 2 is 2.11 bits per heavy atom. The number of halogens is 3. The van der Waals surface area contributed by atoms with Crippen LogP contribution in [0.4, 0.5) is 13.2 Å². The number of benzene rings is 1. The Morgan fingerprint density at radius 1 is 1.37 bits per heavy atom. The quantitative estimate of drug-likeness (QED) is 0.915. The molecule has 0 spiro atoms. The fourth-order valence-corrected chi connectivity index (χ4v) is 2.20. The third-order valence-corrected chi connectivity index (χ3v) is 3.18. The summed E-state index contributed by atoms with van der Waals surface area (Å²) in [5.41, 5.74) is -0.267. The Morgan fingerprint density at radius 3 is 2.68 bits per heavy atom. The average molecular weight is 273 g/mol.